The molecule has 2 heterocycles. The molecule has 134 valence electrons. The second-order valence-corrected chi connectivity index (χ2v) is 7.62. The van der Waals surface area contributed by atoms with E-state index in [0.717, 1.165) is 36.1 Å². The van der Waals surface area contributed by atoms with E-state index in [-0.39, 0.29) is 18.2 Å². The highest BCUT2D eigenvalue weighted by Gasteiger charge is 2.29. The highest BCUT2D eigenvalue weighted by Crippen LogP contribution is 2.28. The Morgan fingerprint density at radius 3 is 2.76 bits per heavy atom. The maximum Gasteiger partial charge on any atom is 0.407 e. The number of nitrogens with one attached hydrogen (secondary N) is 1. The summed E-state index contributed by atoms with van der Waals surface area (Å²) in [6.45, 7) is 8.62. The van der Waals surface area contributed by atoms with E-state index in [4.69, 9.17) is 4.74 Å². The first kappa shape index (κ1) is 17.5. The number of rotatable bonds is 2. The van der Waals surface area contributed by atoms with E-state index in [2.05, 4.69) is 33.2 Å². The summed E-state index contributed by atoms with van der Waals surface area (Å²) in [5, 5.41) is 4.06. The third-order valence-corrected chi connectivity index (χ3v) is 4.39. The summed E-state index contributed by atoms with van der Waals surface area (Å²) in [4.78, 5) is 23.2. The van der Waals surface area contributed by atoms with Crippen LogP contribution in [-0.4, -0.2) is 40.3 Å². The minimum Gasteiger partial charge on any atom is -0.444 e. The highest BCUT2D eigenvalue weighted by molar-refractivity contribution is 5.89. The van der Waals surface area contributed by atoms with Crippen LogP contribution in [0.5, 0.6) is 0 Å². The predicted molar refractivity (Wildman–Crippen MR) is 98.7 cm³/mol. The van der Waals surface area contributed by atoms with Gasteiger partial charge in [0.2, 0.25) is 0 Å². The third-order valence-electron chi connectivity index (χ3n) is 4.39. The molecule has 1 aromatic carbocycles. The Morgan fingerprint density at radius 2 is 2.04 bits per heavy atom. The van der Waals surface area contributed by atoms with Gasteiger partial charge in [0.25, 0.3) is 0 Å². The van der Waals surface area contributed by atoms with Crippen LogP contribution in [0, 0.1) is 0 Å². The van der Waals surface area contributed by atoms with Gasteiger partial charge in [0.15, 0.2) is 0 Å². The topological polar surface area (TPSA) is 67.3 Å². The average molecular weight is 342 g/mol. The molecule has 2 atom stereocenters. The number of aromatic nitrogens is 2. The Bertz CT molecular complexity index is 751. The quantitative estimate of drug-likeness (QED) is 0.904. The Balaban J connectivity index is 1.69. The van der Waals surface area contributed by atoms with Gasteiger partial charge in [-0.3, -0.25) is 0 Å². The Labute approximate surface area is 148 Å². The summed E-state index contributed by atoms with van der Waals surface area (Å²) < 4.78 is 5.36. The predicted octanol–water partition coefficient (Wildman–Crippen LogP) is 3.51. The van der Waals surface area contributed by atoms with Gasteiger partial charge in [-0.1, -0.05) is 12.1 Å². The van der Waals surface area contributed by atoms with E-state index in [1.54, 1.807) is 6.33 Å². The fraction of sp³-hybridized carbons (Fsp3) is 0.526. The zero-order valence-corrected chi connectivity index (χ0v) is 15.3. The van der Waals surface area contributed by atoms with Crippen LogP contribution < -0.4 is 10.2 Å². The molecule has 0 saturated carbocycles. The molecular formula is C19H26N4O2. The standard InChI is InChI=1S/C19H26N4O2/c1-13-11-14(22-18(24)25-19(2,3)4)9-10-23(13)17-15-7-5-6-8-16(15)20-12-21-17/h5-8,12-14H,9-11H2,1-4H3,(H,22,24). The molecule has 2 aromatic rings. The van der Waals surface area contributed by atoms with Crippen molar-refractivity contribution in [2.24, 2.45) is 0 Å². The summed E-state index contributed by atoms with van der Waals surface area (Å²) in [5.41, 5.74) is 0.477. The monoisotopic (exact) mass is 342 g/mol. The van der Waals surface area contributed by atoms with Crippen molar-refractivity contribution in [2.75, 3.05) is 11.4 Å². The van der Waals surface area contributed by atoms with Crippen LogP contribution in [0.2, 0.25) is 0 Å². The molecule has 6 nitrogen and oxygen atoms in total. The molecule has 6 heteroatoms. The van der Waals surface area contributed by atoms with Gasteiger partial charge in [0.05, 0.1) is 5.52 Å². The first-order valence-electron chi connectivity index (χ1n) is 8.79. The van der Waals surface area contributed by atoms with Crippen molar-refractivity contribution in [3.8, 4) is 0 Å². The van der Waals surface area contributed by atoms with Gasteiger partial charge >= 0.3 is 6.09 Å². The van der Waals surface area contributed by atoms with E-state index in [1.165, 1.54) is 0 Å². The molecule has 1 aromatic heterocycles. The maximum absolute atomic E-state index is 12.0. The number of nitrogens with zero attached hydrogens (tertiary/aromatic N) is 3. The molecule has 1 fully saturated rings. The summed E-state index contributed by atoms with van der Waals surface area (Å²) in [6.07, 6.45) is 3.00. The SMILES string of the molecule is CC1CC(NC(=O)OC(C)(C)C)CCN1c1ncnc2ccccc12. The van der Waals surface area contributed by atoms with Crippen molar-refractivity contribution in [1.29, 1.82) is 0 Å². The Kier molecular flexibility index (Phi) is 4.79. The largest absolute Gasteiger partial charge is 0.444 e. The van der Waals surface area contributed by atoms with Crippen LogP contribution in [-0.2, 0) is 4.74 Å². The van der Waals surface area contributed by atoms with Gasteiger partial charge in [0.1, 0.15) is 17.7 Å². The van der Waals surface area contributed by atoms with E-state index in [1.807, 2.05) is 39.0 Å². The molecule has 0 radical (unpaired) electrons. The molecule has 0 bridgehead atoms. The van der Waals surface area contributed by atoms with E-state index < -0.39 is 5.60 Å². The molecular weight excluding hydrogens is 316 g/mol. The van der Waals surface area contributed by atoms with Crippen LogP contribution in [0.15, 0.2) is 30.6 Å². The molecule has 1 amide bonds. The molecule has 1 aliphatic heterocycles. The van der Waals surface area contributed by atoms with Gasteiger partial charge in [-0.15, -0.1) is 0 Å². The van der Waals surface area contributed by atoms with E-state index >= 15 is 0 Å². The lowest BCUT2D eigenvalue weighted by Gasteiger charge is -2.39. The van der Waals surface area contributed by atoms with Crippen molar-refractivity contribution in [3.63, 3.8) is 0 Å². The molecule has 0 spiro atoms. The Hall–Kier alpha value is -2.37. The molecule has 0 aliphatic carbocycles. The van der Waals surface area contributed by atoms with Crippen LogP contribution >= 0.6 is 0 Å². The number of para-hydroxylation sites is 1. The number of hydrogen-bond donors (Lipinski definition) is 1. The normalized spacial score (nSPS) is 21.2. The summed E-state index contributed by atoms with van der Waals surface area (Å²) in [5.74, 6) is 0.966. The number of ether oxygens (including phenoxy) is 1. The zero-order chi connectivity index (χ0) is 18.0. The lowest BCUT2D eigenvalue weighted by atomic mass is 9.98. The number of hydrogen-bond acceptors (Lipinski definition) is 5. The Morgan fingerprint density at radius 1 is 1.28 bits per heavy atom. The first-order chi connectivity index (χ1) is 11.8. The third kappa shape index (κ3) is 4.18. The van der Waals surface area contributed by atoms with E-state index in [9.17, 15) is 4.79 Å². The lowest BCUT2D eigenvalue weighted by Crippen LogP contribution is -2.50. The number of anilines is 1. The van der Waals surface area contributed by atoms with Gasteiger partial charge in [-0.2, -0.15) is 0 Å². The molecule has 1 aliphatic rings. The average Bonchev–Trinajstić information content (AvgIpc) is 2.53. The minimum absolute atomic E-state index is 0.120. The van der Waals surface area contributed by atoms with Crippen LogP contribution in [0.25, 0.3) is 10.9 Å². The highest BCUT2D eigenvalue weighted by atomic mass is 16.6. The van der Waals surface area contributed by atoms with Gasteiger partial charge in [-0.05, 0) is 52.7 Å². The lowest BCUT2D eigenvalue weighted by molar-refractivity contribution is 0.0494. The van der Waals surface area contributed by atoms with Crippen molar-refractivity contribution in [3.05, 3.63) is 30.6 Å². The van der Waals surface area contributed by atoms with Crippen LogP contribution in [0.4, 0.5) is 10.6 Å². The van der Waals surface area contributed by atoms with Crippen molar-refractivity contribution < 1.29 is 9.53 Å². The van der Waals surface area contributed by atoms with Gasteiger partial charge in [0, 0.05) is 24.0 Å². The molecule has 1 N–H and O–H groups in total. The van der Waals surface area contributed by atoms with E-state index in [0.29, 0.717) is 0 Å². The second-order valence-electron chi connectivity index (χ2n) is 7.62. The van der Waals surface area contributed by atoms with Crippen LogP contribution in [0.3, 0.4) is 0 Å². The number of fused-ring (bicyclic) bond motifs is 1. The number of piperidine rings is 1. The molecule has 2 unspecified atom stereocenters. The van der Waals surface area contributed by atoms with Gasteiger partial charge < -0.3 is 15.0 Å². The minimum atomic E-state index is -0.476. The maximum atomic E-state index is 12.0. The van der Waals surface area contributed by atoms with Crippen LogP contribution in [0.1, 0.15) is 40.5 Å². The number of alkyl carbamates (subject to hydrolysis) is 1. The fourth-order valence-electron chi connectivity index (χ4n) is 3.31. The van der Waals surface area contributed by atoms with Gasteiger partial charge in [-0.25, -0.2) is 14.8 Å². The number of carbonyl (C=O) groups is 1. The summed E-state index contributed by atoms with van der Waals surface area (Å²) in [7, 11) is 0. The number of carbonyl (C=O) groups excluding carboxylic acids is 1. The second kappa shape index (κ2) is 6.86. The number of benzene rings is 1. The smallest absolute Gasteiger partial charge is 0.407 e. The molecule has 25 heavy (non-hydrogen) atoms. The van der Waals surface area contributed by atoms with Crippen molar-refractivity contribution >= 4 is 22.8 Å². The summed E-state index contributed by atoms with van der Waals surface area (Å²) >= 11 is 0. The summed E-state index contributed by atoms with van der Waals surface area (Å²) in [6, 6.07) is 8.45. The molecule has 3 rings (SSSR count). The molecule has 1 saturated heterocycles. The van der Waals surface area contributed by atoms with Crippen molar-refractivity contribution in [1.82, 2.24) is 15.3 Å². The number of amides is 1. The first-order valence-corrected chi connectivity index (χ1v) is 8.79. The fourth-order valence-corrected chi connectivity index (χ4v) is 3.31. The van der Waals surface area contributed by atoms with Crippen molar-refractivity contribution in [2.45, 2.75) is 58.2 Å². The zero-order valence-electron chi connectivity index (χ0n) is 15.3.